The van der Waals surface area contributed by atoms with Crippen LogP contribution in [0.1, 0.15) is 37.0 Å². The predicted octanol–water partition coefficient (Wildman–Crippen LogP) is 4.40. The molecule has 0 radical (unpaired) electrons. The third-order valence-electron chi connectivity index (χ3n) is 3.75. The SMILES string of the molecule is CCCCOc1ccccc1C(=O)NNC(=O)C(C)Oc1ccc(Cl)cc1Cl. The monoisotopic (exact) mass is 424 g/mol. The lowest BCUT2D eigenvalue weighted by atomic mass is 10.2. The van der Waals surface area contributed by atoms with E-state index in [-0.39, 0.29) is 5.02 Å². The molecule has 2 aromatic rings. The van der Waals surface area contributed by atoms with Crippen LogP contribution in [0.15, 0.2) is 42.5 Å². The highest BCUT2D eigenvalue weighted by atomic mass is 35.5. The van der Waals surface area contributed by atoms with Gasteiger partial charge in [-0.3, -0.25) is 20.4 Å². The van der Waals surface area contributed by atoms with E-state index in [4.69, 9.17) is 32.7 Å². The molecular formula is C20H22Cl2N2O4. The van der Waals surface area contributed by atoms with Gasteiger partial charge in [-0.05, 0) is 43.7 Å². The van der Waals surface area contributed by atoms with Crippen molar-refractivity contribution in [2.75, 3.05) is 6.61 Å². The number of para-hydroxylation sites is 1. The summed E-state index contributed by atoms with van der Waals surface area (Å²) in [5.74, 6) is -0.254. The number of ether oxygens (including phenoxy) is 2. The minimum Gasteiger partial charge on any atom is -0.493 e. The second-order valence-corrected chi connectivity index (χ2v) is 6.82. The fourth-order valence-corrected chi connectivity index (χ4v) is 2.66. The van der Waals surface area contributed by atoms with Gasteiger partial charge in [0.05, 0.1) is 17.2 Å². The first-order chi connectivity index (χ1) is 13.4. The second kappa shape index (κ2) is 10.8. The van der Waals surface area contributed by atoms with Gasteiger partial charge in [0.25, 0.3) is 11.8 Å². The molecule has 0 fully saturated rings. The first-order valence-electron chi connectivity index (χ1n) is 8.86. The van der Waals surface area contributed by atoms with Crippen LogP contribution in [0.4, 0.5) is 0 Å². The van der Waals surface area contributed by atoms with E-state index in [9.17, 15) is 9.59 Å². The Morgan fingerprint density at radius 2 is 1.82 bits per heavy atom. The fourth-order valence-electron chi connectivity index (χ4n) is 2.21. The Morgan fingerprint density at radius 1 is 1.07 bits per heavy atom. The average molecular weight is 425 g/mol. The number of carbonyl (C=O) groups is 2. The molecule has 0 saturated carbocycles. The van der Waals surface area contributed by atoms with E-state index in [0.717, 1.165) is 12.8 Å². The van der Waals surface area contributed by atoms with Crippen molar-refractivity contribution < 1.29 is 19.1 Å². The zero-order valence-corrected chi connectivity index (χ0v) is 17.1. The molecule has 0 spiro atoms. The van der Waals surface area contributed by atoms with Gasteiger partial charge >= 0.3 is 0 Å². The number of rotatable bonds is 8. The lowest BCUT2D eigenvalue weighted by Gasteiger charge is -2.16. The van der Waals surface area contributed by atoms with Crippen LogP contribution in [0.2, 0.25) is 10.0 Å². The predicted molar refractivity (Wildman–Crippen MR) is 109 cm³/mol. The Balaban J connectivity index is 1.92. The van der Waals surface area contributed by atoms with Gasteiger partial charge in [0, 0.05) is 5.02 Å². The number of nitrogens with one attached hydrogen (secondary N) is 2. The second-order valence-electron chi connectivity index (χ2n) is 5.98. The topological polar surface area (TPSA) is 76.7 Å². The molecule has 0 heterocycles. The number of unbranched alkanes of at least 4 members (excludes halogenated alkanes) is 1. The van der Waals surface area contributed by atoms with Crippen molar-refractivity contribution >= 4 is 35.0 Å². The molecule has 0 bridgehead atoms. The minimum atomic E-state index is -0.893. The summed E-state index contributed by atoms with van der Waals surface area (Å²) in [5.41, 5.74) is 5.03. The summed E-state index contributed by atoms with van der Waals surface area (Å²) in [6, 6.07) is 11.5. The van der Waals surface area contributed by atoms with Crippen LogP contribution in [-0.2, 0) is 4.79 Å². The molecule has 2 amide bonds. The third kappa shape index (κ3) is 6.32. The molecule has 1 unspecified atom stereocenters. The maximum absolute atomic E-state index is 12.4. The Hall–Kier alpha value is -2.44. The summed E-state index contributed by atoms with van der Waals surface area (Å²) in [7, 11) is 0. The van der Waals surface area contributed by atoms with Gasteiger partial charge in [0.15, 0.2) is 6.10 Å². The number of halogens is 2. The van der Waals surface area contributed by atoms with E-state index in [1.807, 2.05) is 0 Å². The van der Waals surface area contributed by atoms with Crippen molar-refractivity contribution in [1.29, 1.82) is 0 Å². The van der Waals surface area contributed by atoms with E-state index in [2.05, 4.69) is 17.8 Å². The van der Waals surface area contributed by atoms with Crippen molar-refractivity contribution in [3.8, 4) is 11.5 Å². The highest BCUT2D eigenvalue weighted by Gasteiger charge is 2.18. The summed E-state index contributed by atoms with van der Waals surface area (Å²) in [6.45, 7) is 4.10. The molecular weight excluding hydrogens is 403 g/mol. The molecule has 0 aliphatic rings. The smallest absolute Gasteiger partial charge is 0.279 e. The molecule has 0 aliphatic carbocycles. The molecule has 2 aromatic carbocycles. The zero-order chi connectivity index (χ0) is 20.5. The number of benzene rings is 2. The Bertz CT molecular complexity index is 830. The number of hydrogen-bond acceptors (Lipinski definition) is 4. The average Bonchev–Trinajstić information content (AvgIpc) is 2.68. The quantitative estimate of drug-likeness (QED) is 0.486. The molecule has 6 nitrogen and oxygen atoms in total. The first kappa shape index (κ1) is 21.9. The van der Waals surface area contributed by atoms with Crippen molar-refractivity contribution in [2.45, 2.75) is 32.8 Å². The molecule has 28 heavy (non-hydrogen) atoms. The third-order valence-corrected chi connectivity index (χ3v) is 4.28. The van der Waals surface area contributed by atoms with Gasteiger partial charge in [-0.25, -0.2) is 0 Å². The summed E-state index contributed by atoms with van der Waals surface area (Å²) < 4.78 is 11.1. The van der Waals surface area contributed by atoms with Crippen LogP contribution in [0.25, 0.3) is 0 Å². The minimum absolute atomic E-state index is 0.286. The maximum atomic E-state index is 12.4. The van der Waals surface area contributed by atoms with E-state index in [0.29, 0.717) is 28.7 Å². The van der Waals surface area contributed by atoms with Crippen LogP contribution >= 0.6 is 23.2 Å². The fraction of sp³-hybridized carbons (Fsp3) is 0.300. The van der Waals surface area contributed by atoms with E-state index >= 15 is 0 Å². The van der Waals surface area contributed by atoms with E-state index in [1.165, 1.54) is 13.0 Å². The summed E-state index contributed by atoms with van der Waals surface area (Å²) in [5, 5.41) is 0.746. The Labute approximate surface area is 174 Å². The van der Waals surface area contributed by atoms with Crippen molar-refractivity contribution in [3.63, 3.8) is 0 Å². The number of carbonyl (C=O) groups excluding carboxylic acids is 2. The van der Waals surface area contributed by atoms with Gasteiger partial charge in [-0.15, -0.1) is 0 Å². The highest BCUT2D eigenvalue weighted by Crippen LogP contribution is 2.28. The van der Waals surface area contributed by atoms with Gasteiger partial charge in [-0.1, -0.05) is 48.7 Å². The lowest BCUT2D eigenvalue weighted by Crippen LogP contribution is -2.47. The van der Waals surface area contributed by atoms with Crippen LogP contribution in [0, 0.1) is 0 Å². The standard InChI is InChI=1S/C20H22Cl2N2O4/c1-3-4-11-27-17-8-6-5-7-15(17)20(26)24-23-19(25)13(2)28-18-10-9-14(21)12-16(18)22/h5-10,12-13H,3-4,11H2,1-2H3,(H,23,25)(H,24,26). The van der Waals surface area contributed by atoms with E-state index < -0.39 is 17.9 Å². The molecule has 0 saturated heterocycles. The van der Waals surface area contributed by atoms with Gasteiger partial charge in [0.2, 0.25) is 0 Å². The number of hydrazine groups is 1. The lowest BCUT2D eigenvalue weighted by molar-refractivity contribution is -0.128. The van der Waals surface area contributed by atoms with Gasteiger partial charge in [0.1, 0.15) is 11.5 Å². The first-order valence-corrected chi connectivity index (χ1v) is 9.61. The number of hydrogen-bond donors (Lipinski definition) is 2. The molecule has 0 aromatic heterocycles. The van der Waals surface area contributed by atoms with Crippen LogP contribution < -0.4 is 20.3 Å². The van der Waals surface area contributed by atoms with Crippen LogP contribution in [-0.4, -0.2) is 24.5 Å². The zero-order valence-electron chi connectivity index (χ0n) is 15.6. The summed E-state index contributed by atoms with van der Waals surface area (Å²) >= 11 is 11.9. The van der Waals surface area contributed by atoms with Crippen molar-refractivity contribution in [2.24, 2.45) is 0 Å². The molecule has 8 heteroatoms. The van der Waals surface area contributed by atoms with Gasteiger partial charge in [-0.2, -0.15) is 0 Å². The van der Waals surface area contributed by atoms with Crippen molar-refractivity contribution in [1.82, 2.24) is 10.9 Å². The highest BCUT2D eigenvalue weighted by molar-refractivity contribution is 6.35. The van der Waals surface area contributed by atoms with Crippen LogP contribution in [0.5, 0.6) is 11.5 Å². The molecule has 2 N–H and O–H groups in total. The van der Waals surface area contributed by atoms with Crippen LogP contribution in [0.3, 0.4) is 0 Å². The molecule has 150 valence electrons. The maximum Gasteiger partial charge on any atom is 0.279 e. The molecule has 2 rings (SSSR count). The van der Waals surface area contributed by atoms with Crippen molar-refractivity contribution in [3.05, 3.63) is 58.1 Å². The van der Waals surface area contributed by atoms with Gasteiger partial charge < -0.3 is 9.47 Å². The summed E-state index contributed by atoms with van der Waals surface area (Å²) in [6.07, 6.45) is 0.976. The summed E-state index contributed by atoms with van der Waals surface area (Å²) in [4.78, 5) is 24.6. The largest absolute Gasteiger partial charge is 0.493 e. The molecule has 1 atom stereocenters. The Morgan fingerprint density at radius 3 is 2.54 bits per heavy atom. The normalized spacial score (nSPS) is 11.4. The number of amides is 2. The Kier molecular flexibility index (Phi) is 8.42. The molecule has 0 aliphatic heterocycles. The van der Waals surface area contributed by atoms with E-state index in [1.54, 1.807) is 36.4 Å².